The summed E-state index contributed by atoms with van der Waals surface area (Å²) < 4.78 is 5.16. The molecule has 0 spiro atoms. The molecule has 0 radical (unpaired) electrons. The fraction of sp³-hybridized carbons (Fsp3) is 0.909. The maximum absolute atomic E-state index is 11.6. The summed E-state index contributed by atoms with van der Waals surface area (Å²) in [6.45, 7) is 1.37. The van der Waals surface area contributed by atoms with Gasteiger partial charge in [-0.3, -0.25) is 0 Å². The zero-order valence-corrected chi connectivity index (χ0v) is 9.02. The monoisotopic (exact) mass is 213 g/mol. The normalized spacial score (nSPS) is 31.0. The first kappa shape index (κ1) is 10.7. The van der Waals surface area contributed by atoms with Gasteiger partial charge in [0.15, 0.2) is 0 Å². The number of cyclic esters (lactones) is 1. The second kappa shape index (κ2) is 4.84. The lowest BCUT2D eigenvalue weighted by Gasteiger charge is -2.43. The van der Waals surface area contributed by atoms with Crippen molar-refractivity contribution in [2.24, 2.45) is 5.92 Å². The van der Waals surface area contributed by atoms with Gasteiger partial charge in [-0.05, 0) is 19.3 Å². The van der Waals surface area contributed by atoms with Crippen LogP contribution in [0.4, 0.5) is 4.79 Å². The van der Waals surface area contributed by atoms with Gasteiger partial charge in [0.05, 0.1) is 6.61 Å². The molecule has 4 heteroatoms. The van der Waals surface area contributed by atoms with E-state index in [9.17, 15) is 4.79 Å². The largest absolute Gasteiger partial charge is 0.449 e. The van der Waals surface area contributed by atoms with Crippen molar-refractivity contribution in [3.63, 3.8) is 0 Å². The molecule has 2 atom stereocenters. The third-order valence-corrected chi connectivity index (χ3v) is 3.48. The smallest absolute Gasteiger partial charge is 0.410 e. The minimum absolute atomic E-state index is 0.140. The highest BCUT2D eigenvalue weighted by atomic mass is 16.6. The number of aliphatic hydroxyl groups is 1. The van der Waals surface area contributed by atoms with Gasteiger partial charge in [0.2, 0.25) is 0 Å². The Morgan fingerprint density at radius 1 is 1.40 bits per heavy atom. The molecule has 0 aromatic carbocycles. The predicted octanol–water partition coefficient (Wildman–Crippen LogP) is 1.38. The third kappa shape index (κ3) is 2.25. The quantitative estimate of drug-likeness (QED) is 0.770. The van der Waals surface area contributed by atoms with E-state index >= 15 is 0 Å². The van der Waals surface area contributed by atoms with E-state index in [-0.39, 0.29) is 12.7 Å². The number of rotatable bonds is 3. The summed E-state index contributed by atoms with van der Waals surface area (Å²) in [5, 5.41) is 8.80. The average Bonchev–Trinajstić information content (AvgIpc) is 2.28. The Morgan fingerprint density at radius 3 is 3.00 bits per heavy atom. The van der Waals surface area contributed by atoms with Crippen LogP contribution in [0.2, 0.25) is 0 Å². The number of carbonyl (C=O) groups is 1. The molecule has 0 aromatic heterocycles. The van der Waals surface area contributed by atoms with E-state index in [1.807, 2.05) is 4.90 Å². The lowest BCUT2D eigenvalue weighted by molar-refractivity contribution is -0.0102. The molecular formula is C11H19NO3. The number of hydrogen-bond donors (Lipinski definition) is 1. The van der Waals surface area contributed by atoms with Crippen molar-refractivity contribution in [1.82, 2.24) is 4.90 Å². The molecule has 1 aliphatic heterocycles. The zero-order chi connectivity index (χ0) is 10.7. The maximum atomic E-state index is 11.6. The summed E-state index contributed by atoms with van der Waals surface area (Å²) >= 11 is 0. The van der Waals surface area contributed by atoms with E-state index in [1.54, 1.807) is 0 Å². The molecule has 1 saturated heterocycles. The van der Waals surface area contributed by atoms with E-state index in [4.69, 9.17) is 9.84 Å². The molecule has 2 unspecified atom stereocenters. The van der Waals surface area contributed by atoms with Gasteiger partial charge in [0.25, 0.3) is 0 Å². The second-order valence-corrected chi connectivity index (χ2v) is 4.46. The molecular weight excluding hydrogens is 194 g/mol. The molecule has 1 saturated carbocycles. The van der Waals surface area contributed by atoms with Crippen LogP contribution in [0, 0.1) is 5.92 Å². The molecule has 86 valence electrons. The summed E-state index contributed by atoms with van der Waals surface area (Å²) in [7, 11) is 0. The Kier molecular flexibility index (Phi) is 3.46. The summed E-state index contributed by atoms with van der Waals surface area (Å²) in [5.74, 6) is 0.523. The van der Waals surface area contributed by atoms with Crippen molar-refractivity contribution in [1.29, 1.82) is 0 Å². The van der Waals surface area contributed by atoms with Crippen LogP contribution in [0.5, 0.6) is 0 Å². The van der Waals surface area contributed by atoms with Gasteiger partial charge in [0, 0.05) is 25.1 Å². The summed E-state index contributed by atoms with van der Waals surface area (Å²) in [6, 6.07) is 0.367. The second-order valence-electron chi connectivity index (χ2n) is 4.46. The SMILES string of the molecule is O=C1OCC2CCCCC2N1CCCO. The lowest BCUT2D eigenvalue weighted by atomic mass is 9.83. The number of amides is 1. The summed E-state index contributed by atoms with van der Waals surface area (Å²) in [4.78, 5) is 13.4. The van der Waals surface area contributed by atoms with Crippen LogP contribution in [0.25, 0.3) is 0 Å². The van der Waals surface area contributed by atoms with E-state index in [0.717, 1.165) is 6.42 Å². The van der Waals surface area contributed by atoms with Crippen molar-refractivity contribution < 1.29 is 14.6 Å². The van der Waals surface area contributed by atoms with Crippen LogP contribution in [0.3, 0.4) is 0 Å². The van der Waals surface area contributed by atoms with Gasteiger partial charge in [-0.2, -0.15) is 0 Å². The number of hydrogen-bond acceptors (Lipinski definition) is 3. The maximum Gasteiger partial charge on any atom is 0.410 e. The third-order valence-electron chi connectivity index (χ3n) is 3.48. The van der Waals surface area contributed by atoms with Crippen LogP contribution in [0.1, 0.15) is 32.1 Å². The fourth-order valence-corrected chi connectivity index (χ4v) is 2.69. The van der Waals surface area contributed by atoms with Gasteiger partial charge in [-0.15, -0.1) is 0 Å². The Labute approximate surface area is 90.2 Å². The van der Waals surface area contributed by atoms with Gasteiger partial charge >= 0.3 is 6.09 Å². The molecule has 15 heavy (non-hydrogen) atoms. The van der Waals surface area contributed by atoms with Crippen LogP contribution in [0.15, 0.2) is 0 Å². The highest BCUT2D eigenvalue weighted by Crippen LogP contribution is 2.32. The highest BCUT2D eigenvalue weighted by Gasteiger charge is 2.37. The standard InChI is InChI=1S/C11H19NO3/c13-7-3-6-12-10-5-2-1-4-9(10)8-15-11(12)14/h9-10,13H,1-8H2. The van der Waals surface area contributed by atoms with Crippen molar-refractivity contribution in [2.75, 3.05) is 19.8 Å². The number of ether oxygens (including phenoxy) is 1. The molecule has 2 aliphatic rings. The van der Waals surface area contributed by atoms with Crippen molar-refractivity contribution in [3.05, 3.63) is 0 Å². The number of aliphatic hydroxyl groups excluding tert-OH is 1. The summed E-state index contributed by atoms with van der Waals surface area (Å²) in [5.41, 5.74) is 0. The molecule has 1 N–H and O–H groups in total. The first-order chi connectivity index (χ1) is 7.33. The molecule has 2 fully saturated rings. The van der Waals surface area contributed by atoms with E-state index in [1.165, 1.54) is 19.3 Å². The topological polar surface area (TPSA) is 49.8 Å². The van der Waals surface area contributed by atoms with Crippen molar-refractivity contribution in [2.45, 2.75) is 38.1 Å². The van der Waals surface area contributed by atoms with Gasteiger partial charge < -0.3 is 14.7 Å². The van der Waals surface area contributed by atoms with Crippen molar-refractivity contribution >= 4 is 6.09 Å². The van der Waals surface area contributed by atoms with Gasteiger partial charge in [0.1, 0.15) is 0 Å². The Bertz CT molecular complexity index is 232. The highest BCUT2D eigenvalue weighted by molar-refractivity contribution is 5.69. The van der Waals surface area contributed by atoms with Crippen LogP contribution >= 0.6 is 0 Å². The molecule has 1 aliphatic carbocycles. The minimum Gasteiger partial charge on any atom is -0.449 e. The minimum atomic E-state index is -0.188. The fourth-order valence-electron chi connectivity index (χ4n) is 2.69. The van der Waals surface area contributed by atoms with E-state index < -0.39 is 0 Å². The molecule has 1 amide bonds. The number of carbonyl (C=O) groups excluding carboxylic acids is 1. The molecule has 4 nitrogen and oxygen atoms in total. The Balaban J connectivity index is 1.99. The van der Waals surface area contributed by atoms with Crippen LogP contribution < -0.4 is 0 Å². The van der Waals surface area contributed by atoms with E-state index in [0.29, 0.717) is 31.5 Å². The van der Waals surface area contributed by atoms with Crippen molar-refractivity contribution in [3.8, 4) is 0 Å². The lowest BCUT2D eigenvalue weighted by Crippen LogP contribution is -2.52. The van der Waals surface area contributed by atoms with E-state index in [2.05, 4.69) is 0 Å². The first-order valence-electron chi connectivity index (χ1n) is 5.87. The average molecular weight is 213 g/mol. The summed E-state index contributed by atoms with van der Waals surface area (Å²) in [6.07, 6.45) is 5.21. The number of nitrogens with zero attached hydrogens (tertiary/aromatic N) is 1. The molecule has 1 heterocycles. The Hall–Kier alpha value is -0.770. The predicted molar refractivity (Wildman–Crippen MR) is 55.5 cm³/mol. The number of fused-ring (bicyclic) bond motifs is 1. The molecule has 0 aromatic rings. The van der Waals surface area contributed by atoms with Crippen LogP contribution in [-0.4, -0.2) is 41.9 Å². The molecule has 0 bridgehead atoms. The first-order valence-corrected chi connectivity index (χ1v) is 5.87. The van der Waals surface area contributed by atoms with Crippen LogP contribution in [-0.2, 0) is 4.74 Å². The van der Waals surface area contributed by atoms with Gasteiger partial charge in [-0.1, -0.05) is 12.8 Å². The Morgan fingerprint density at radius 2 is 2.20 bits per heavy atom. The molecule has 2 rings (SSSR count). The van der Waals surface area contributed by atoms with Gasteiger partial charge in [-0.25, -0.2) is 4.79 Å². The zero-order valence-electron chi connectivity index (χ0n) is 9.02.